The summed E-state index contributed by atoms with van der Waals surface area (Å²) in [6.07, 6.45) is 0. The van der Waals surface area contributed by atoms with Gasteiger partial charge in [-0.1, -0.05) is 18.5 Å². The van der Waals surface area contributed by atoms with Gasteiger partial charge in [0, 0.05) is 16.8 Å². The first-order valence-electron chi connectivity index (χ1n) is 6.19. The molecule has 1 aromatic heterocycles. The van der Waals surface area contributed by atoms with Crippen LogP contribution in [0.1, 0.15) is 12.7 Å². The van der Waals surface area contributed by atoms with E-state index in [-0.39, 0.29) is 9.56 Å². The number of nitrogens with one attached hydrogen (secondary N) is 2. The van der Waals surface area contributed by atoms with E-state index in [9.17, 15) is 8.42 Å². The van der Waals surface area contributed by atoms with Crippen molar-refractivity contribution in [2.75, 3.05) is 11.3 Å². The molecule has 0 fully saturated rings. The van der Waals surface area contributed by atoms with Crippen molar-refractivity contribution < 1.29 is 12.8 Å². The Hall–Kier alpha value is -1.02. The summed E-state index contributed by atoms with van der Waals surface area (Å²) >= 11 is 8.91. The van der Waals surface area contributed by atoms with E-state index in [0.717, 1.165) is 6.54 Å². The third-order valence-electron chi connectivity index (χ3n) is 2.64. The molecule has 0 spiro atoms. The standard InChI is InChI=1S/C13H14BrClN2O3S/c1-2-16-8-11-7-12(13(14)20-11)21(18,19)17-10-5-3-9(15)4-6-10/h3-7,16-17H,2,8H2,1H3. The zero-order chi connectivity index (χ0) is 15.5. The fourth-order valence-corrected chi connectivity index (χ4v) is 3.83. The zero-order valence-electron chi connectivity index (χ0n) is 11.2. The quantitative estimate of drug-likeness (QED) is 0.786. The predicted molar refractivity (Wildman–Crippen MR) is 86.0 cm³/mol. The van der Waals surface area contributed by atoms with E-state index in [1.807, 2.05) is 6.92 Å². The highest BCUT2D eigenvalue weighted by atomic mass is 79.9. The lowest BCUT2D eigenvalue weighted by Crippen LogP contribution is -2.13. The highest BCUT2D eigenvalue weighted by Gasteiger charge is 2.22. The van der Waals surface area contributed by atoms with Crippen molar-refractivity contribution in [1.29, 1.82) is 0 Å². The number of hydrogen-bond donors (Lipinski definition) is 2. The summed E-state index contributed by atoms with van der Waals surface area (Å²) in [7, 11) is -3.72. The van der Waals surface area contributed by atoms with E-state index in [1.54, 1.807) is 24.3 Å². The van der Waals surface area contributed by atoms with Crippen LogP contribution in [0.15, 0.2) is 44.3 Å². The Labute approximate surface area is 136 Å². The molecule has 0 atom stereocenters. The van der Waals surface area contributed by atoms with Crippen LogP contribution < -0.4 is 10.0 Å². The Morgan fingerprint density at radius 1 is 1.29 bits per heavy atom. The third kappa shape index (κ3) is 4.23. The molecule has 21 heavy (non-hydrogen) atoms. The molecule has 0 saturated heterocycles. The van der Waals surface area contributed by atoms with E-state index in [1.165, 1.54) is 6.07 Å². The number of furan rings is 1. The lowest BCUT2D eigenvalue weighted by atomic mass is 10.3. The summed E-state index contributed by atoms with van der Waals surface area (Å²) in [6.45, 7) is 3.19. The van der Waals surface area contributed by atoms with Crippen molar-refractivity contribution in [2.24, 2.45) is 0 Å². The lowest BCUT2D eigenvalue weighted by Gasteiger charge is -2.06. The molecule has 0 unspecified atom stereocenters. The second kappa shape index (κ2) is 6.83. The minimum Gasteiger partial charge on any atom is -0.451 e. The molecule has 0 bridgehead atoms. The van der Waals surface area contributed by atoms with E-state index in [0.29, 0.717) is 23.0 Å². The molecule has 0 amide bonds. The molecule has 0 aliphatic carbocycles. The third-order valence-corrected chi connectivity index (χ3v) is 5.13. The molecule has 2 N–H and O–H groups in total. The molecular weight excluding hydrogens is 380 g/mol. The van der Waals surface area contributed by atoms with Gasteiger partial charge >= 0.3 is 0 Å². The minimum atomic E-state index is -3.72. The molecule has 2 rings (SSSR count). The van der Waals surface area contributed by atoms with Gasteiger partial charge in [-0.2, -0.15) is 0 Å². The molecule has 5 nitrogen and oxygen atoms in total. The van der Waals surface area contributed by atoms with E-state index < -0.39 is 10.0 Å². The molecular formula is C13H14BrClN2O3S. The topological polar surface area (TPSA) is 71.3 Å². The maximum atomic E-state index is 12.3. The van der Waals surface area contributed by atoms with Crippen molar-refractivity contribution in [2.45, 2.75) is 18.4 Å². The number of sulfonamides is 1. The van der Waals surface area contributed by atoms with Gasteiger partial charge in [0.1, 0.15) is 10.7 Å². The van der Waals surface area contributed by atoms with Gasteiger partial charge in [0.25, 0.3) is 10.0 Å². The Bertz CT molecular complexity index is 714. The van der Waals surface area contributed by atoms with Gasteiger partial charge in [0.05, 0.1) is 6.54 Å². The molecule has 0 radical (unpaired) electrons. The molecule has 1 aromatic carbocycles. The molecule has 1 heterocycles. The summed E-state index contributed by atoms with van der Waals surface area (Å²) in [5.74, 6) is 0.542. The first-order valence-corrected chi connectivity index (χ1v) is 8.85. The van der Waals surface area contributed by atoms with Crippen LogP contribution in [-0.4, -0.2) is 15.0 Å². The maximum absolute atomic E-state index is 12.3. The fourth-order valence-electron chi connectivity index (χ4n) is 1.64. The van der Waals surface area contributed by atoms with Crippen LogP contribution in [0.2, 0.25) is 5.02 Å². The van der Waals surface area contributed by atoms with Crippen LogP contribution >= 0.6 is 27.5 Å². The predicted octanol–water partition coefficient (Wildman–Crippen LogP) is 3.61. The summed E-state index contributed by atoms with van der Waals surface area (Å²) < 4.78 is 32.7. The van der Waals surface area contributed by atoms with E-state index >= 15 is 0 Å². The number of rotatable bonds is 6. The van der Waals surface area contributed by atoms with Crippen LogP contribution in [0.5, 0.6) is 0 Å². The molecule has 8 heteroatoms. The summed E-state index contributed by atoms with van der Waals surface area (Å²) in [5.41, 5.74) is 0.431. The number of anilines is 1. The number of hydrogen-bond acceptors (Lipinski definition) is 4. The first-order chi connectivity index (χ1) is 9.92. The van der Waals surface area contributed by atoms with Crippen molar-refractivity contribution in [3.05, 3.63) is 45.8 Å². The fraction of sp³-hybridized carbons (Fsp3) is 0.231. The molecule has 0 aliphatic rings. The summed E-state index contributed by atoms with van der Waals surface area (Å²) in [4.78, 5) is 0.0605. The smallest absolute Gasteiger partial charge is 0.266 e. The lowest BCUT2D eigenvalue weighted by molar-refractivity contribution is 0.464. The Balaban J connectivity index is 2.22. The summed E-state index contributed by atoms with van der Waals surface area (Å²) in [6, 6.07) is 7.90. The van der Waals surface area contributed by atoms with Gasteiger partial charge in [0.15, 0.2) is 4.67 Å². The number of benzene rings is 1. The van der Waals surface area contributed by atoms with Crippen LogP contribution in [0.3, 0.4) is 0 Å². The molecule has 0 saturated carbocycles. The van der Waals surface area contributed by atoms with E-state index in [2.05, 4.69) is 26.0 Å². The first kappa shape index (κ1) is 16.4. The molecule has 2 aromatic rings. The average Bonchev–Trinajstić information content (AvgIpc) is 2.81. The van der Waals surface area contributed by atoms with Gasteiger partial charge in [-0.3, -0.25) is 4.72 Å². The second-order valence-electron chi connectivity index (χ2n) is 4.24. The van der Waals surface area contributed by atoms with E-state index in [4.69, 9.17) is 16.0 Å². The van der Waals surface area contributed by atoms with Gasteiger partial charge in [-0.05, 0) is 46.7 Å². The SMILES string of the molecule is CCNCc1cc(S(=O)(=O)Nc2ccc(Cl)cc2)c(Br)o1. The van der Waals surface area contributed by atoms with Gasteiger partial charge in [0.2, 0.25) is 0 Å². The van der Waals surface area contributed by atoms with Crippen LogP contribution in [0, 0.1) is 0 Å². The number of halogens is 2. The highest BCUT2D eigenvalue weighted by Crippen LogP contribution is 2.28. The maximum Gasteiger partial charge on any atom is 0.266 e. The van der Waals surface area contributed by atoms with Crippen molar-refractivity contribution in [3.63, 3.8) is 0 Å². The zero-order valence-corrected chi connectivity index (χ0v) is 14.3. The van der Waals surface area contributed by atoms with Crippen molar-refractivity contribution in [1.82, 2.24) is 5.32 Å². The highest BCUT2D eigenvalue weighted by molar-refractivity contribution is 9.10. The normalized spacial score (nSPS) is 11.6. The van der Waals surface area contributed by atoms with Crippen LogP contribution in [-0.2, 0) is 16.6 Å². The van der Waals surface area contributed by atoms with Crippen molar-refractivity contribution in [3.8, 4) is 0 Å². The minimum absolute atomic E-state index is 0.0605. The second-order valence-corrected chi connectivity index (χ2v) is 7.05. The Morgan fingerprint density at radius 3 is 2.57 bits per heavy atom. The molecule has 0 aliphatic heterocycles. The summed E-state index contributed by atoms with van der Waals surface area (Å²) in [5, 5.41) is 3.61. The van der Waals surface area contributed by atoms with Crippen LogP contribution in [0.4, 0.5) is 5.69 Å². The average molecular weight is 394 g/mol. The molecule has 114 valence electrons. The monoisotopic (exact) mass is 392 g/mol. The van der Waals surface area contributed by atoms with Gasteiger partial charge in [-0.15, -0.1) is 0 Å². The Morgan fingerprint density at radius 2 is 1.95 bits per heavy atom. The largest absolute Gasteiger partial charge is 0.451 e. The van der Waals surface area contributed by atoms with Crippen LogP contribution in [0.25, 0.3) is 0 Å². The van der Waals surface area contributed by atoms with Crippen molar-refractivity contribution >= 4 is 43.2 Å². The van der Waals surface area contributed by atoms with Gasteiger partial charge < -0.3 is 9.73 Å². The van der Waals surface area contributed by atoms with Gasteiger partial charge in [-0.25, -0.2) is 8.42 Å². The Kier molecular flexibility index (Phi) is 5.32.